The summed E-state index contributed by atoms with van der Waals surface area (Å²) in [5.41, 5.74) is 0.768. The maximum absolute atomic E-state index is 12.4. The molecule has 9 nitrogen and oxygen atoms in total. The zero-order valence-corrected chi connectivity index (χ0v) is 17.8. The first kappa shape index (κ1) is 24.4. The largest absolute Gasteiger partial charge is 0.445 e. The zero-order valence-electron chi connectivity index (χ0n) is 17.0. The quantitative estimate of drug-likeness (QED) is 0.536. The molecule has 2 N–H and O–H groups in total. The summed E-state index contributed by atoms with van der Waals surface area (Å²) in [6.45, 7) is 4.43. The molecule has 0 heterocycles. The molecule has 29 heavy (non-hydrogen) atoms. The number of hydrogen-bond acceptors (Lipinski definition) is 6. The number of amides is 3. The molecule has 0 aromatic heterocycles. The molecule has 3 amide bonds. The summed E-state index contributed by atoms with van der Waals surface area (Å²) in [5, 5.41) is 4.83. The molecule has 0 aliphatic rings. The van der Waals surface area contributed by atoms with Crippen molar-refractivity contribution >= 4 is 27.7 Å². The number of nitrogens with zero attached hydrogens (tertiary/aromatic N) is 1. The minimum Gasteiger partial charge on any atom is -0.445 e. The molecule has 0 aliphatic heterocycles. The lowest BCUT2D eigenvalue weighted by molar-refractivity contribution is -0.133. The Bertz CT molecular complexity index is 778. The van der Waals surface area contributed by atoms with Crippen LogP contribution in [0.4, 0.5) is 4.79 Å². The van der Waals surface area contributed by atoms with Gasteiger partial charge < -0.3 is 20.3 Å². The second-order valence-electron chi connectivity index (χ2n) is 6.46. The molecule has 0 radical (unpaired) electrons. The van der Waals surface area contributed by atoms with Crippen molar-refractivity contribution in [3.8, 4) is 0 Å². The first-order chi connectivity index (χ1) is 13.7. The number of likely N-dealkylation sites (N-methyl/N-ethyl adjacent to an activating group) is 1. The van der Waals surface area contributed by atoms with Crippen LogP contribution in [0.25, 0.3) is 0 Å². The molecule has 10 heteroatoms. The summed E-state index contributed by atoms with van der Waals surface area (Å²) in [7, 11) is -3.34. The number of benzene rings is 1. The minimum absolute atomic E-state index is 0.00747. The van der Waals surface area contributed by atoms with Gasteiger partial charge in [-0.05, 0) is 25.8 Å². The molecule has 0 fully saturated rings. The van der Waals surface area contributed by atoms with Crippen molar-refractivity contribution in [2.45, 2.75) is 32.9 Å². The smallest absolute Gasteiger partial charge is 0.408 e. The van der Waals surface area contributed by atoms with Gasteiger partial charge in [-0.3, -0.25) is 9.59 Å². The highest BCUT2D eigenvalue weighted by Crippen LogP contribution is 2.03. The fourth-order valence-electron chi connectivity index (χ4n) is 2.48. The third-order valence-electron chi connectivity index (χ3n) is 4.13. The van der Waals surface area contributed by atoms with Crippen LogP contribution in [-0.2, 0) is 30.8 Å². The Morgan fingerprint density at radius 3 is 2.28 bits per heavy atom. The van der Waals surface area contributed by atoms with Gasteiger partial charge in [0.25, 0.3) is 0 Å². The highest BCUT2D eigenvalue weighted by atomic mass is 32.2. The number of carbonyl (C=O) groups excluding carboxylic acids is 3. The Morgan fingerprint density at radius 2 is 1.72 bits per heavy atom. The van der Waals surface area contributed by atoms with Crippen molar-refractivity contribution in [3.05, 3.63) is 35.9 Å². The molecule has 162 valence electrons. The number of rotatable bonds is 11. The van der Waals surface area contributed by atoms with Gasteiger partial charge in [-0.15, -0.1) is 0 Å². The summed E-state index contributed by atoms with van der Waals surface area (Å²) in [6, 6.07) is 7.84. The fraction of sp³-hybridized carbons (Fsp3) is 0.526. The number of sulfone groups is 1. The molecule has 1 atom stereocenters. The van der Waals surface area contributed by atoms with Crippen molar-refractivity contribution in [2.75, 3.05) is 31.6 Å². The standard InChI is InChI=1S/C19H29N3O6S/c1-4-22(5-2)17(23)13-20-18(24)16(11-12-29(3,26)27)21-19(25)28-14-15-9-7-6-8-10-15/h6-10,16H,4-5,11-14H2,1-3H3,(H,20,24)(H,21,25). The molecule has 1 unspecified atom stereocenters. The summed E-state index contributed by atoms with van der Waals surface area (Å²) < 4.78 is 28.0. The van der Waals surface area contributed by atoms with Gasteiger partial charge in [0.2, 0.25) is 11.8 Å². The van der Waals surface area contributed by atoms with Crippen molar-refractivity contribution < 1.29 is 27.5 Å². The summed E-state index contributed by atoms with van der Waals surface area (Å²) in [4.78, 5) is 38.1. The number of alkyl carbamates (subject to hydrolysis) is 1. The van der Waals surface area contributed by atoms with E-state index in [1.165, 1.54) is 0 Å². The lowest BCUT2D eigenvalue weighted by Crippen LogP contribution is -2.50. The molecule has 0 saturated heterocycles. The SMILES string of the molecule is CCN(CC)C(=O)CNC(=O)C(CCS(C)(=O)=O)NC(=O)OCc1ccccc1. The monoisotopic (exact) mass is 427 g/mol. The van der Waals surface area contributed by atoms with Crippen LogP contribution in [0.1, 0.15) is 25.8 Å². The molecular formula is C19H29N3O6S. The van der Waals surface area contributed by atoms with E-state index in [0.717, 1.165) is 11.8 Å². The van der Waals surface area contributed by atoms with Gasteiger partial charge in [0.05, 0.1) is 12.3 Å². The fourth-order valence-corrected chi connectivity index (χ4v) is 3.15. The van der Waals surface area contributed by atoms with Gasteiger partial charge in [0.1, 0.15) is 22.5 Å². The molecule has 0 saturated carbocycles. The first-order valence-electron chi connectivity index (χ1n) is 9.36. The second kappa shape index (κ2) is 12.1. The topological polar surface area (TPSA) is 122 Å². The highest BCUT2D eigenvalue weighted by molar-refractivity contribution is 7.90. The van der Waals surface area contributed by atoms with E-state index < -0.39 is 27.9 Å². The van der Waals surface area contributed by atoms with Gasteiger partial charge >= 0.3 is 6.09 Å². The summed E-state index contributed by atoms with van der Waals surface area (Å²) in [5.74, 6) is -1.21. The van der Waals surface area contributed by atoms with E-state index in [4.69, 9.17) is 4.74 Å². The van der Waals surface area contributed by atoms with E-state index in [0.29, 0.717) is 13.1 Å². The van der Waals surface area contributed by atoms with Gasteiger partial charge in [0, 0.05) is 19.3 Å². The van der Waals surface area contributed by atoms with Crippen LogP contribution in [0.15, 0.2) is 30.3 Å². The maximum Gasteiger partial charge on any atom is 0.408 e. The van der Waals surface area contributed by atoms with Crippen molar-refractivity contribution in [1.82, 2.24) is 15.5 Å². The molecule has 1 rings (SSSR count). The normalized spacial score (nSPS) is 12.0. The Kier molecular flexibility index (Phi) is 10.1. The van der Waals surface area contributed by atoms with E-state index >= 15 is 0 Å². The summed E-state index contributed by atoms with van der Waals surface area (Å²) >= 11 is 0. The number of hydrogen-bond donors (Lipinski definition) is 2. The van der Waals surface area contributed by atoms with Gasteiger partial charge in [-0.1, -0.05) is 30.3 Å². The molecule has 0 spiro atoms. The van der Waals surface area contributed by atoms with Gasteiger partial charge in [-0.2, -0.15) is 0 Å². The molecule has 1 aromatic carbocycles. The van der Waals surface area contributed by atoms with Crippen molar-refractivity contribution in [2.24, 2.45) is 0 Å². The summed E-state index contributed by atoms with van der Waals surface area (Å²) in [6.07, 6.45) is 0.0574. The third-order valence-corrected chi connectivity index (χ3v) is 5.11. The van der Waals surface area contributed by atoms with Crippen LogP contribution < -0.4 is 10.6 Å². The predicted molar refractivity (Wildman–Crippen MR) is 109 cm³/mol. The van der Waals surface area contributed by atoms with Crippen molar-refractivity contribution in [3.63, 3.8) is 0 Å². The highest BCUT2D eigenvalue weighted by Gasteiger charge is 2.24. The van der Waals surface area contributed by atoms with E-state index in [1.54, 1.807) is 29.2 Å². The number of nitrogens with one attached hydrogen (secondary N) is 2. The number of carbonyl (C=O) groups is 3. The Hall–Kier alpha value is -2.62. The van der Waals surface area contributed by atoms with Crippen LogP contribution in [0.2, 0.25) is 0 Å². The molecule has 0 aliphatic carbocycles. The van der Waals surface area contributed by atoms with Crippen LogP contribution in [0.5, 0.6) is 0 Å². The predicted octanol–water partition coefficient (Wildman–Crippen LogP) is 0.701. The Balaban J connectivity index is 2.67. The lowest BCUT2D eigenvalue weighted by Gasteiger charge is -2.21. The van der Waals surface area contributed by atoms with Crippen LogP contribution in [0, 0.1) is 0 Å². The van der Waals surface area contributed by atoms with Crippen LogP contribution in [0.3, 0.4) is 0 Å². The zero-order chi connectivity index (χ0) is 21.9. The van der Waals surface area contributed by atoms with Gasteiger partial charge in [-0.25, -0.2) is 13.2 Å². The minimum atomic E-state index is -3.34. The Labute approximate surface area is 171 Å². The van der Waals surface area contributed by atoms with Crippen LogP contribution in [-0.4, -0.2) is 68.9 Å². The van der Waals surface area contributed by atoms with Crippen molar-refractivity contribution in [1.29, 1.82) is 0 Å². The first-order valence-corrected chi connectivity index (χ1v) is 11.4. The maximum atomic E-state index is 12.4. The van der Waals surface area contributed by atoms with Crippen LogP contribution >= 0.6 is 0 Å². The van der Waals surface area contributed by atoms with E-state index in [9.17, 15) is 22.8 Å². The lowest BCUT2D eigenvalue weighted by atomic mass is 10.2. The molecular weight excluding hydrogens is 398 g/mol. The average molecular weight is 428 g/mol. The molecule has 1 aromatic rings. The van der Waals surface area contributed by atoms with E-state index in [1.807, 2.05) is 19.9 Å². The number of ether oxygens (including phenoxy) is 1. The molecule has 0 bridgehead atoms. The van der Waals surface area contributed by atoms with E-state index in [-0.39, 0.29) is 31.2 Å². The van der Waals surface area contributed by atoms with Gasteiger partial charge in [0.15, 0.2) is 0 Å². The average Bonchev–Trinajstić information content (AvgIpc) is 2.68. The second-order valence-corrected chi connectivity index (χ2v) is 8.72. The van der Waals surface area contributed by atoms with E-state index in [2.05, 4.69) is 10.6 Å². The Morgan fingerprint density at radius 1 is 1.10 bits per heavy atom. The third kappa shape index (κ3) is 9.93.